The van der Waals surface area contributed by atoms with E-state index in [1.807, 2.05) is 62.4 Å². The van der Waals surface area contributed by atoms with Crippen molar-refractivity contribution in [2.24, 2.45) is 5.14 Å². The van der Waals surface area contributed by atoms with Crippen LogP contribution in [0.2, 0.25) is 0 Å². The Labute approximate surface area is 217 Å². The Morgan fingerprint density at radius 3 is 2.08 bits per heavy atom. The third-order valence-electron chi connectivity index (χ3n) is 6.20. The number of primary sulfonamides is 1. The highest BCUT2D eigenvalue weighted by atomic mass is 32.2. The number of carbonyl (C=O) groups is 1. The van der Waals surface area contributed by atoms with Crippen LogP contribution in [0.3, 0.4) is 0 Å². The first kappa shape index (κ1) is 26.2. The zero-order chi connectivity index (χ0) is 26.6. The van der Waals surface area contributed by atoms with Crippen molar-refractivity contribution in [3.63, 3.8) is 0 Å². The highest BCUT2D eigenvalue weighted by Crippen LogP contribution is 2.21. The fraction of sp³-hybridized carbons (Fsp3) is 0.250. The van der Waals surface area contributed by atoms with E-state index in [0.29, 0.717) is 24.5 Å². The molecule has 1 aromatic heterocycles. The summed E-state index contributed by atoms with van der Waals surface area (Å²) < 4.78 is 25.0. The molecule has 0 aliphatic heterocycles. The zero-order valence-corrected chi connectivity index (χ0v) is 22.0. The van der Waals surface area contributed by atoms with Gasteiger partial charge in [0.25, 0.3) is 5.91 Å². The van der Waals surface area contributed by atoms with Crippen molar-refractivity contribution in [3.8, 4) is 5.69 Å². The van der Waals surface area contributed by atoms with Crippen molar-refractivity contribution < 1.29 is 13.2 Å². The summed E-state index contributed by atoms with van der Waals surface area (Å²) in [5.41, 5.74) is 2.74. The van der Waals surface area contributed by atoms with Gasteiger partial charge in [-0.1, -0.05) is 67.6 Å². The van der Waals surface area contributed by atoms with Gasteiger partial charge >= 0.3 is 0 Å². The van der Waals surface area contributed by atoms with Crippen molar-refractivity contribution in [3.05, 3.63) is 108 Å². The second-order valence-electron chi connectivity index (χ2n) is 9.33. The third-order valence-corrected chi connectivity index (χ3v) is 7.13. The molecule has 0 spiro atoms. The van der Waals surface area contributed by atoms with Crippen LogP contribution in [0.25, 0.3) is 5.69 Å². The Kier molecular flexibility index (Phi) is 7.85. The summed E-state index contributed by atoms with van der Waals surface area (Å²) in [7, 11) is -3.83. The van der Waals surface area contributed by atoms with E-state index in [2.05, 4.69) is 29.1 Å². The number of aromatic nitrogens is 3. The smallest absolute Gasteiger partial charge is 0.293 e. The van der Waals surface area contributed by atoms with Crippen LogP contribution in [0, 0.1) is 0 Å². The number of benzene rings is 3. The average Bonchev–Trinajstić information content (AvgIpc) is 3.31. The molecule has 9 heteroatoms. The monoisotopic (exact) mass is 517 g/mol. The molecule has 0 fully saturated rings. The standard InChI is InChI=1S/C28H31N5O3S/c1-20(2)32(19-21(3)23-12-8-5-9-13-23)28(34)27-30-26(18-22-10-6-4-7-11-22)33(31-27)24-14-16-25(17-15-24)37(29,35)36/h4-17,20-21H,18-19H2,1-3H3,(H2,29,35,36). The van der Waals surface area contributed by atoms with Gasteiger partial charge in [0.15, 0.2) is 0 Å². The molecule has 1 heterocycles. The molecule has 0 saturated heterocycles. The molecule has 1 atom stereocenters. The Bertz CT molecular complexity index is 1450. The van der Waals surface area contributed by atoms with Gasteiger partial charge in [-0.05, 0) is 55.2 Å². The molecular weight excluding hydrogens is 486 g/mol. The maximum atomic E-state index is 13.7. The molecule has 0 bridgehead atoms. The summed E-state index contributed by atoms with van der Waals surface area (Å²) in [6.07, 6.45) is 0.445. The minimum absolute atomic E-state index is 0.00171. The summed E-state index contributed by atoms with van der Waals surface area (Å²) in [6, 6.07) is 25.8. The van der Waals surface area contributed by atoms with Gasteiger partial charge in [0, 0.05) is 19.0 Å². The van der Waals surface area contributed by atoms with E-state index in [4.69, 9.17) is 5.14 Å². The number of sulfonamides is 1. The molecule has 0 aliphatic rings. The van der Waals surface area contributed by atoms with Crippen LogP contribution in [0.15, 0.2) is 89.8 Å². The molecule has 37 heavy (non-hydrogen) atoms. The summed E-state index contributed by atoms with van der Waals surface area (Å²) in [5.74, 6) is 0.532. The second kappa shape index (κ2) is 11.1. The number of hydrogen-bond donors (Lipinski definition) is 1. The summed E-state index contributed by atoms with van der Waals surface area (Å²) >= 11 is 0. The van der Waals surface area contributed by atoms with Crippen molar-refractivity contribution >= 4 is 15.9 Å². The van der Waals surface area contributed by atoms with E-state index >= 15 is 0 Å². The lowest BCUT2D eigenvalue weighted by Gasteiger charge is -2.28. The average molecular weight is 518 g/mol. The second-order valence-corrected chi connectivity index (χ2v) is 10.9. The normalized spacial score (nSPS) is 12.5. The highest BCUT2D eigenvalue weighted by Gasteiger charge is 2.26. The van der Waals surface area contributed by atoms with Gasteiger partial charge in [-0.15, -0.1) is 5.10 Å². The van der Waals surface area contributed by atoms with E-state index in [1.165, 1.54) is 12.1 Å². The summed E-state index contributed by atoms with van der Waals surface area (Å²) in [4.78, 5) is 20.1. The van der Waals surface area contributed by atoms with Crippen molar-refractivity contribution in [2.45, 2.75) is 44.0 Å². The Morgan fingerprint density at radius 2 is 1.51 bits per heavy atom. The molecular formula is C28H31N5O3S. The number of amides is 1. The fourth-order valence-electron chi connectivity index (χ4n) is 4.15. The molecule has 8 nitrogen and oxygen atoms in total. The zero-order valence-electron chi connectivity index (χ0n) is 21.2. The van der Waals surface area contributed by atoms with Gasteiger partial charge in [-0.25, -0.2) is 23.2 Å². The lowest BCUT2D eigenvalue weighted by Crippen LogP contribution is -2.40. The van der Waals surface area contributed by atoms with Gasteiger partial charge in [0.05, 0.1) is 10.6 Å². The SMILES string of the molecule is CC(CN(C(=O)c1nc(Cc2ccccc2)n(-c2ccc(S(N)(=O)=O)cc2)n1)C(C)C)c1ccccc1. The van der Waals surface area contributed by atoms with Crippen molar-refractivity contribution in [2.75, 3.05) is 6.54 Å². The third kappa shape index (κ3) is 6.31. The van der Waals surface area contributed by atoms with Crippen LogP contribution in [-0.4, -0.2) is 46.6 Å². The summed E-state index contributed by atoms with van der Waals surface area (Å²) in [6.45, 7) is 6.57. The fourth-order valence-corrected chi connectivity index (χ4v) is 4.67. The number of nitrogens with zero attached hydrogens (tertiary/aromatic N) is 4. The molecule has 4 aromatic rings. The number of carbonyl (C=O) groups excluding carboxylic acids is 1. The van der Waals surface area contributed by atoms with Gasteiger partial charge in [-0.3, -0.25) is 4.79 Å². The Hall–Kier alpha value is -3.82. The topological polar surface area (TPSA) is 111 Å². The van der Waals surface area contributed by atoms with E-state index in [-0.39, 0.29) is 28.6 Å². The van der Waals surface area contributed by atoms with E-state index in [9.17, 15) is 13.2 Å². The van der Waals surface area contributed by atoms with Gasteiger partial charge in [0.2, 0.25) is 15.8 Å². The quantitative estimate of drug-likeness (QED) is 0.358. The van der Waals surface area contributed by atoms with E-state index < -0.39 is 10.0 Å². The highest BCUT2D eigenvalue weighted by molar-refractivity contribution is 7.89. The van der Waals surface area contributed by atoms with Gasteiger partial charge in [-0.2, -0.15) is 0 Å². The van der Waals surface area contributed by atoms with Crippen molar-refractivity contribution in [1.82, 2.24) is 19.7 Å². The Balaban J connectivity index is 1.69. The van der Waals surface area contributed by atoms with Crippen LogP contribution in [0.4, 0.5) is 0 Å². The minimum Gasteiger partial charge on any atom is -0.333 e. The first-order valence-corrected chi connectivity index (χ1v) is 13.7. The first-order valence-electron chi connectivity index (χ1n) is 12.1. The largest absolute Gasteiger partial charge is 0.333 e. The minimum atomic E-state index is -3.83. The lowest BCUT2D eigenvalue weighted by atomic mass is 10.00. The molecule has 3 aromatic carbocycles. The van der Waals surface area contributed by atoms with E-state index in [1.54, 1.807) is 21.7 Å². The maximum Gasteiger partial charge on any atom is 0.293 e. The molecule has 2 N–H and O–H groups in total. The number of hydrogen-bond acceptors (Lipinski definition) is 5. The van der Waals surface area contributed by atoms with Gasteiger partial charge < -0.3 is 4.90 Å². The lowest BCUT2D eigenvalue weighted by molar-refractivity contribution is 0.0683. The van der Waals surface area contributed by atoms with Crippen molar-refractivity contribution in [1.29, 1.82) is 0 Å². The van der Waals surface area contributed by atoms with Crippen LogP contribution in [0.1, 0.15) is 54.3 Å². The molecule has 192 valence electrons. The number of rotatable bonds is 9. The molecule has 0 saturated carbocycles. The van der Waals surface area contributed by atoms with Gasteiger partial charge in [0.1, 0.15) is 5.82 Å². The van der Waals surface area contributed by atoms with Crippen LogP contribution >= 0.6 is 0 Å². The first-order chi connectivity index (χ1) is 17.6. The van der Waals surface area contributed by atoms with Crippen LogP contribution < -0.4 is 5.14 Å². The predicted octanol–water partition coefficient (Wildman–Crippen LogP) is 4.16. The molecule has 0 radical (unpaired) electrons. The Morgan fingerprint density at radius 1 is 0.919 bits per heavy atom. The molecule has 1 amide bonds. The molecule has 4 rings (SSSR count). The maximum absolute atomic E-state index is 13.7. The predicted molar refractivity (Wildman–Crippen MR) is 143 cm³/mol. The van der Waals surface area contributed by atoms with E-state index in [0.717, 1.165) is 11.1 Å². The summed E-state index contributed by atoms with van der Waals surface area (Å²) in [5, 5.41) is 9.84. The van der Waals surface area contributed by atoms with Crippen LogP contribution in [0.5, 0.6) is 0 Å². The molecule has 1 unspecified atom stereocenters. The van der Waals surface area contributed by atoms with Crippen LogP contribution in [-0.2, 0) is 16.4 Å². The number of nitrogens with two attached hydrogens (primary N) is 1. The molecule has 0 aliphatic carbocycles.